The molecule has 0 aliphatic rings. The molecule has 0 saturated heterocycles. The van der Waals surface area contributed by atoms with Crippen LogP contribution in [-0.4, -0.2) is 10.9 Å². The summed E-state index contributed by atoms with van der Waals surface area (Å²) in [6.07, 6.45) is 2.88. The van der Waals surface area contributed by atoms with E-state index in [1.165, 1.54) is 0 Å². The van der Waals surface area contributed by atoms with Crippen LogP contribution in [-0.2, 0) is 4.79 Å². The normalized spacial score (nSPS) is 9.93. The number of carbonyl (C=O) groups is 1. The average molecular weight is 278 g/mol. The standard InChI is InChI=1S/C9H10BrClN2O/c1-2-3-8(14)13-7-4-6(10)5-12-9(7)11/h4-5H,2-3H2,1H3,(H,13,14). The predicted octanol–water partition coefficient (Wildman–Crippen LogP) is 3.24. The van der Waals surface area contributed by atoms with Crippen molar-refractivity contribution in [2.75, 3.05) is 5.32 Å². The number of carbonyl (C=O) groups excluding carboxylic acids is 1. The van der Waals surface area contributed by atoms with Gasteiger partial charge < -0.3 is 5.32 Å². The van der Waals surface area contributed by atoms with Crippen LogP contribution in [0.5, 0.6) is 0 Å². The van der Waals surface area contributed by atoms with Crippen LogP contribution in [0.2, 0.25) is 5.15 Å². The van der Waals surface area contributed by atoms with E-state index in [2.05, 4.69) is 26.2 Å². The Morgan fingerprint density at radius 2 is 2.43 bits per heavy atom. The summed E-state index contributed by atoms with van der Waals surface area (Å²) < 4.78 is 0.786. The third-order valence-electron chi connectivity index (χ3n) is 1.56. The molecule has 1 aromatic rings. The average Bonchev–Trinajstić information content (AvgIpc) is 2.12. The fourth-order valence-electron chi connectivity index (χ4n) is 0.950. The lowest BCUT2D eigenvalue weighted by Gasteiger charge is -2.05. The number of anilines is 1. The van der Waals surface area contributed by atoms with E-state index in [1.54, 1.807) is 12.3 Å². The molecule has 0 saturated carbocycles. The Bertz CT molecular complexity index is 344. The van der Waals surface area contributed by atoms with Gasteiger partial charge in [-0.3, -0.25) is 4.79 Å². The fraction of sp³-hybridized carbons (Fsp3) is 0.333. The minimum Gasteiger partial charge on any atom is -0.323 e. The van der Waals surface area contributed by atoms with Crippen LogP contribution in [0.15, 0.2) is 16.7 Å². The lowest BCUT2D eigenvalue weighted by molar-refractivity contribution is -0.116. The predicted molar refractivity (Wildman–Crippen MR) is 60.5 cm³/mol. The largest absolute Gasteiger partial charge is 0.323 e. The molecule has 0 aliphatic heterocycles. The van der Waals surface area contributed by atoms with Crippen molar-refractivity contribution in [3.8, 4) is 0 Å². The number of pyridine rings is 1. The Labute approximate surface area is 96.0 Å². The molecule has 1 N–H and O–H groups in total. The molecule has 0 unspecified atom stereocenters. The highest BCUT2D eigenvalue weighted by Crippen LogP contribution is 2.22. The van der Waals surface area contributed by atoms with Crippen LogP contribution in [0.4, 0.5) is 5.69 Å². The van der Waals surface area contributed by atoms with E-state index < -0.39 is 0 Å². The van der Waals surface area contributed by atoms with E-state index in [0.29, 0.717) is 17.3 Å². The first-order valence-electron chi connectivity index (χ1n) is 4.24. The molecule has 0 aromatic carbocycles. The first kappa shape index (κ1) is 11.5. The molecule has 1 aromatic heterocycles. The lowest BCUT2D eigenvalue weighted by Crippen LogP contribution is -2.11. The Hall–Kier alpha value is -0.610. The van der Waals surface area contributed by atoms with Gasteiger partial charge in [-0.15, -0.1) is 0 Å². The minimum atomic E-state index is -0.0469. The minimum absolute atomic E-state index is 0.0469. The van der Waals surface area contributed by atoms with Gasteiger partial charge in [0.1, 0.15) is 0 Å². The molecule has 0 fully saturated rings. The van der Waals surface area contributed by atoms with Crippen molar-refractivity contribution < 1.29 is 4.79 Å². The highest BCUT2D eigenvalue weighted by atomic mass is 79.9. The molecular formula is C9H10BrClN2O. The van der Waals surface area contributed by atoms with Gasteiger partial charge in [-0.25, -0.2) is 4.98 Å². The van der Waals surface area contributed by atoms with Crippen LogP contribution in [0.25, 0.3) is 0 Å². The van der Waals surface area contributed by atoms with Gasteiger partial charge in [-0.2, -0.15) is 0 Å². The molecule has 0 radical (unpaired) electrons. The Morgan fingerprint density at radius 3 is 3.07 bits per heavy atom. The molecule has 1 amide bonds. The van der Waals surface area contributed by atoms with Gasteiger partial charge in [0.05, 0.1) is 5.69 Å². The zero-order valence-electron chi connectivity index (χ0n) is 7.68. The molecule has 0 aliphatic carbocycles. The maximum Gasteiger partial charge on any atom is 0.224 e. The molecule has 0 spiro atoms. The molecule has 1 heterocycles. The number of nitrogens with one attached hydrogen (secondary N) is 1. The van der Waals surface area contributed by atoms with Gasteiger partial charge in [0.2, 0.25) is 5.91 Å². The summed E-state index contributed by atoms with van der Waals surface area (Å²) in [6, 6.07) is 1.73. The second kappa shape index (κ2) is 5.32. The van der Waals surface area contributed by atoms with E-state index in [4.69, 9.17) is 11.6 Å². The second-order valence-electron chi connectivity index (χ2n) is 2.79. The van der Waals surface area contributed by atoms with Crippen molar-refractivity contribution in [2.24, 2.45) is 0 Å². The smallest absolute Gasteiger partial charge is 0.224 e. The molecule has 76 valence electrons. The zero-order chi connectivity index (χ0) is 10.6. The van der Waals surface area contributed by atoms with Crippen LogP contribution in [0.3, 0.4) is 0 Å². The summed E-state index contributed by atoms with van der Waals surface area (Å²) in [5.74, 6) is -0.0469. The number of aromatic nitrogens is 1. The van der Waals surface area contributed by atoms with Crippen LogP contribution >= 0.6 is 27.5 Å². The van der Waals surface area contributed by atoms with E-state index in [9.17, 15) is 4.79 Å². The maximum atomic E-state index is 11.3. The molecule has 14 heavy (non-hydrogen) atoms. The summed E-state index contributed by atoms with van der Waals surface area (Å²) in [4.78, 5) is 15.2. The topological polar surface area (TPSA) is 42.0 Å². The van der Waals surface area contributed by atoms with Crippen molar-refractivity contribution in [1.29, 1.82) is 0 Å². The summed E-state index contributed by atoms with van der Waals surface area (Å²) in [5, 5.41) is 2.99. The monoisotopic (exact) mass is 276 g/mol. The van der Waals surface area contributed by atoms with Crippen molar-refractivity contribution >= 4 is 39.1 Å². The van der Waals surface area contributed by atoms with E-state index in [1.807, 2.05) is 6.92 Å². The number of nitrogens with zero attached hydrogens (tertiary/aromatic N) is 1. The highest BCUT2D eigenvalue weighted by molar-refractivity contribution is 9.10. The summed E-state index contributed by atoms with van der Waals surface area (Å²) in [7, 11) is 0. The van der Waals surface area contributed by atoms with Gasteiger partial charge in [-0.1, -0.05) is 18.5 Å². The number of halogens is 2. The fourth-order valence-corrected chi connectivity index (χ4v) is 1.43. The van der Waals surface area contributed by atoms with Crippen LogP contribution < -0.4 is 5.32 Å². The second-order valence-corrected chi connectivity index (χ2v) is 4.06. The summed E-state index contributed by atoms with van der Waals surface area (Å²) in [6.45, 7) is 1.94. The summed E-state index contributed by atoms with van der Waals surface area (Å²) in [5.41, 5.74) is 0.541. The Morgan fingerprint density at radius 1 is 1.71 bits per heavy atom. The number of rotatable bonds is 3. The molecule has 0 bridgehead atoms. The third kappa shape index (κ3) is 3.27. The Kier molecular flexibility index (Phi) is 4.35. The zero-order valence-corrected chi connectivity index (χ0v) is 10.0. The summed E-state index contributed by atoms with van der Waals surface area (Å²) >= 11 is 9.05. The van der Waals surface area contributed by atoms with Gasteiger partial charge in [0, 0.05) is 17.1 Å². The first-order chi connectivity index (χ1) is 6.63. The van der Waals surface area contributed by atoms with Crippen LogP contribution in [0, 0.1) is 0 Å². The third-order valence-corrected chi connectivity index (χ3v) is 2.29. The molecule has 3 nitrogen and oxygen atoms in total. The quantitative estimate of drug-likeness (QED) is 0.862. The highest BCUT2D eigenvalue weighted by Gasteiger charge is 2.06. The lowest BCUT2D eigenvalue weighted by atomic mass is 10.3. The van der Waals surface area contributed by atoms with Crippen molar-refractivity contribution in [3.05, 3.63) is 21.9 Å². The van der Waals surface area contributed by atoms with Crippen molar-refractivity contribution in [1.82, 2.24) is 4.98 Å². The number of hydrogen-bond acceptors (Lipinski definition) is 2. The maximum absolute atomic E-state index is 11.3. The van der Waals surface area contributed by atoms with Gasteiger partial charge in [-0.05, 0) is 28.4 Å². The van der Waals surface area contributed by atoms with E-state index >= 15 is 0 Å². The number of hydrogen-bond donors (Lipinski definition) is 1. The molecule has 5 heteroatoms. The van der Waals surface area contributed by atoms with Crippen molar-refractivity contribution in [3.63, 3.8) is 0 Å². The van der Waals surface area contributed by atoms with Crippen LogP contribution in [0.1, 0.15) is 19.8 Å². The van der Waals surface area contributed by atoms with Crippen molar-refractivity contribution in [2.45, 2.75) is 19.8 Å². The van der Waals surface area contributed by atoms with E-state index in [0.717, 1.165) is 10.9 Å². The molecule has 1 rings (SSSR count). The molecular weight excluding hydrogens is 267 g/mol. The van der Waals surface area contributed by atoms with Gasteiger partial charge in [0.15, 0.2) is 5.15 Å². The molecule has 0 atom stereocenters. The Balaban J connectivity index is 2.75. The van der Waals surface area contributed by atoms with E-state index in [-0.39, 0.29) is 5.91 Å². The van der Waals surface area contributed by atoms with Gasteiger partial charge in [0.25, 0.3) is 0 Å². The van der Waals surface area contributed by atoms with Gasteiger partial charge >= 0.3 is 0 Å². The SMILES string of the molecule is CCCC(=O)Nc1cc(Br)cnc1Cl. The first-order valence-corrected chi connectivity index (χ1v) is 5.41. The number of amides is 1.